The van der Waals surface area contributed by atoms with Gasteiger partial charge in [0.25, 0.3) is 0 Å². The zero-order valence-corrected chi connectivity index (χ0v) is 21.8. The fourth-order valence-corrected chi connectivity index (χ4v) is 2.14. The minimum absolute atomic E-state index is 0.120. The Morgan fingerprint density at radius 2 is 1.03 bits per heavy atom. The number of hydrogen-bond donors (Lipinski definition) is 2. The molecule has 0 aliphatic carbocycles. The van der Waals surface area contributed by atoms with E-state index in [1.54, 1.807) is 13.8 Å². The average Bonchev–Trinajstić information content (AvgIpc) is 3.44. The molecule has 0 bridgehead atoms. The van der Waals surface area contributed by atoms with Crippen molar-refractivity contribution in [2.75, 3.05) is 0 Å². The largest absolute Gasteiger partial charge is 0.168 e. The Labute approximate surface area is 202 Å². The van der Waals surface area contributed by atoms with Crippen LogP contribution in [-0.4, -0.2) is 28.3 Å². The van der Waals surface area contributed by atoms with E-state index in [0.717, 1.165) is 0 Å². The van der Waals surface area contributed by atoms with Crippen LogP contribution in [0.25, 0.3) is 21.5 Å². The van der Waals surface area contributed by atoms with Crippen LogP contribution in [-0.2, 0) is 28.8 Å². The van der Waals surface area contributed by atoms with Gasteiger partial charge in [-0.1, -0.05) is 26.0 Å². The standard InChI is InChI=1S/2C9H7.2C3H6O2.C2H6Si.Ti/c2*1-2-5-9-7-3-6-8(9)4-1;2*1-2-3(4)5;1-3-2;/h2*1-7H;2*2H2,1H3,(H,4,5);1-2H3;/q2*-1;;;;+2. The topological polar surface area (TPSA) is 74.6 Å². The van der Waals surface area contributed by atoms with Crippen LogP contribution in [0.3, 0.4) is 0 Å². The molecular weight excluding hydrogens is 452 g/mol. The number of aliphatic carboxylic acids is 2. The van der Waals surface area contributed by atoms with Crippen LogP contribution in [0.1, 0.15) is 26.7 Å². The van der Waals surface area contributed by atoms with Gasteiger partial charge in [-0.05, 0) is 0 Å². The molecule has 32 heavy (non-hydrogen) atoms. The number of carbonyl (C=O) groups is 2. The number of rotatable bonds is 2. The predicted octanol–water partition coefficient (Wildman–Crippen LogP) is 6.86. The summed E-state index contributed by atoms with van der Waals surface area (Å²) in [6, 6.07) is 29.3. The van der Waals surface area contributed by atoms with Crippen molar-refractivity contribution in [3.8, 4) is 0 Å². The van der Waals surface area contributed by atoms with Crippen molar-refractivity contribution in [2.24, 2.45) is 0 Å². The normalized spacial score (nSPS) is 8.94. The van der Waals surface area contributed by atoms with Gasteiger partial charge in [-0.15, -0.1) is 59.3 Å². The van der Waals surface area contributed by atoms with Crippen LogP contribution >= 0.6 is 0 Å². The summed E-state index contributed by atoms with van der Waals surface area (Å²) in [6.45, 7) is 7.74. The Morgan fingerprint density at radius 3 is 1.28 bits per heavy atom. The number of carboxylic acids is 2. The summed E-state index contributed by atoms with van der Waals surface area (Å²) in [6.07, 6.45) is 0.565. The second-order valence-corrected chi connectivity index (χ2v) is 13.5. The van der Waals surface area contributed by atoms with Crippen LogP contribution in [0.2, 0.25) is 13.1 Å². The third-order valence-corrected chi connectivity index (χ3v) is 3.70. The van der Waals surface area contributed by atoms with Gasteiger partial charge in [-0.25, -0.2) is 0 Å². The Balaban J connectivity index is 0.000000395. The zero-order valence-electron chi connectivity index (χ0n) is 19.2. The summed E-state index contributed by atoms with van der Waals surface area (Å²) < 4.78 is 0. The van der Waals surface area contributed by atoms with Crippen molar-refractivity contribution in [2.45, 2.75) is 39.8 Å². The molecule has 0 fully saturated rings. The summed E-state index contributed by atoms with van der Waals surface area (Å²) >= 11 is 2.27. The van der Waals surface area contributed by atoms with E-state index in [1.165, 1.54) is 21.5 Å². The maximum Gasteiger partial charge on any atom is -0.0809 e. The molecule has 0 radical (unpaired) electrons. The van der Waals surface area contributed by atoms with Crippen molar-refractivity contribution < 1.29 is 39.0 Å². The van der Waals surface area contributed by atoms with Gasteiger partial charge in [0.15, 0.2) is 0 Å². The van der Waals surface area contributed by atoms with E-state index in [2.05, 4.69) is 117 Å². The van der Waals surface area contributed by atoms with E-state index in [0.29, 0.717) is 0 Å². The molecule has 2 N–H and O–H groups in total. The molecule has 0 heterocycles. The first-order chi connectivity index (χ1) is 15.2. The van der Waals surface area contributed by atoms with Crippen LogP contribution in [0.4, 0.5) is 0 Å². The zero-order chi connectivity index (χ0) is 24.4. The van der Waals surface area contributed by atoms with Crippen molar-refractivity contribution in [3.05, 3.63) is 84.9 Å². The molecule has 0 saturated heterocycles. The Hall–Kier alpha value is -2.47. The predicted molar refractivity (Wildman–Crippen MR) is 132 cm³/mol. The average molecular weight is 484 g/mol. The maximum absolute atomic E-state index is 9.37. The molecule has 0 aliphatic rings. The molecule has 0 unspecified atom stereocenters. The minimum atomic E-state index is -0.745. The van der Waals surface area contributed by atoms with Gasteiger partial charge in [0.05, 0.1) is 0 Å². The molecule has 4 nitrogen and oxygen atoms in total. The van der Waals surface area contributed by atoms with E-state index >= 15 is 0 Å². The molecule has 0 saturated carbocycles. The van der Waals surface area contributed by atoms with Gasteiger partial charge in [0.2, 0.25) is 0 Å². The van der Waals surface area contributed by atoms with E-state index in [1.807, 2.05) is 0 Å². The van der Waals surface area contributed by atoms with Crippen LogP contribution in [0, 0.1) is 0 Å². The summed E-state index contributed by atoms with van der Waals surface area (Å²) in [5.41, 5.74) is 0. The number of carboxylic acid groups (broad SMARTS) is 2. The molecule has 0 amide bonds. The summed E-state index contributed by atoms with van der Waals surface area (Å²) in [7, 11) is 0. The number of fused-ring (bicyclic) bond motifs is 2. The first-order valence-corrected chi connectivity index (χ1v) is 15.2. The van der Waals surface area contributed by atoms with Crippen LogP contribution < -0.4 is 0 Å². The molecule has 4 aromatic rings. The van der Waals surface area contributed by atoms with Crippen molar-refractivity contribution in [3.63, 3.8) is 0 Å². The Kier molecular flexibility index (Phi) is 16.7. The van der Waals surface area contributed by atoms with Gasteiger partial charge in [0, 0.05) is 12.8 Å². The van der Waals surface area contributed by atoms with Crippen molar-refractivity contribution in [1.82, 2.24) is 0 Å². The summed E-state index contributed by atoms with van der Waals surface area (Å²) in [5, 5.41) is 20.8. The number of hydrogen-bond acceptors (Lipinski definition) is 2. The first kappa shape index (κ1) is 29.5. The van der Waals surface area contributed by atoms with Crippen molar-refractivity contribution in [1.29, 1.82) is 0 Å². The second-order valence-electron chi connectivity index (χ2n) is 6.80. The van der Waals surface area contributed by atoms with E-state index in [9.17, 15) is 9.59 Å². The fourth-order valence-electron chi connectivity index (χ4n) is 2.14. The van der Waals surface area contributed by atoms with Crippen LogP contribution in [0.15, 0.2) is 84.9 Å². The first-order valence-electron chi connectivity index (χ1n) is 10.4. The van der Waals surface area contributed by atoms with E-state index < -0.39 is 11.9 Å². The monoisotopic (exact) mass is 484 g/mol. The van der Waals surface area contributed by atoms with Gasteiger partial charge in [-0.2, -0.15) is 35.0 Å². The van der Waals surface area contributed by atoms with Gasteiger partial charge in [0.1, 0.15) is 0 Å². The molecule has 4 rings (SSSR count). The molecular formula is C26H32O4SiTi. The maximum atomic E-state index is 9.37. The second kappa shape index (κ2) is 18.1. The summed E-state index contributed by atoms with van der Waals surface area (Å²) in [4.78, 5) is 18.7. The fraction of sp³-hybridized carbons (Fsp3) is 0.231. The molecule has 6 heteroatoms. The minimum Gasteiger partial charge on any atom is -0.168 e. The Morgan fingerprint density at radius 1 is 0.750 bits per heavy atom. The number of benzene rings is 2. The van der Waals surface area contributed by atoms with Gasteiger partial charge < -0.3 is 10.2 Å². The quantitative estimate of drug-likeness (QED) is 0.241. The smallest absolute Gasteiger partial charge is 0.0809 e. The molecule has 4 aromatic carbocycles. The van der Waals surface area contributed by atoms with E-state index in [4.69, 9.17) is 10.2 Å². The molecule has 0 aliphatic heterocycles. The van der Waals surface area contributed by atoms with Gasteiger partial charge >= 0.3 is 50.4 Å². The van der Waals surface area contributed by atoms with Gasteiger partial charge in [-0.3, -0.25) is 9.59 Å². The Bertz CT molecular complexity index is 921. The van der Waals surface area contributed by atoms with Crippen molar-refractivity contribution >= 4 is 39.7 Å². The molecule has 0 aromatic heterocycles. The van der Waals surface area contributed by atoms with Crippen LogP contribution in [0.5, 0.6) is 0 Å². The molecule has 0 spiro atoms. The van der Waals surface area contributed by atoms with E-state index in [-0.39, 0.29) is 19.0 Å². The molecule has 168 valence electrons. The molecule has 0 atom stereocenters. The SMILES string of the molecule is CCC(=O)O.CCC(=O)O.C[Si](C)=[Ti+2].c1ccc2[cH-]ccc2c1.c1ccc2[cH-]ccc2c1. The third kappa shape index (κ3) is 15.4. The summed E-state index contributed by atoms with van der Waals surface area (Å²) in [5.74, 6) is -1.49. The third-order valence-electron chi connectivity index (χ3n) is 3.70.